The van der Waals surface area contributed by atoms with E-state index in [0.29, 0.717) is 5.54 Å². The predicted octanol–water partition coefficient (Wildman–Crippen LogP) is 1.42. The Bertz CT molecular complexity index is 146. The molecule has 12 heavy (non-hydrogen) atoms. The van der Waals surface area contributed by atoms with Crippen molar-refractivity contribution >= 4 is 0 Å². The number of likely N-dealkylation sites (N-methyl/N-ethyl adjacent to an activating group) is 1. The molecular weight excluding hydrogens is 148 g/mol. The zero-order valence-corrected chi connectivity index (χ0v) is 9.09. The van der Waals surface area contributed by atoms with Gasteiger partial charge in [-0.1, -0.05) is 0 Å². The Morgan fingerprint density at radius 2 is 1.83 bits per heavy atom. The van der Waals surface area contributed by atoms with Crippen LogP contribution >= 0.6 is 0 Å². The van der Waals surface area contributed by atoms with E-state index in [1.807, 2.05) is 0 Å². The molecule has 0 bridgehead atoms. The van der Waals surface area contributed by atoms with E-state index in [2.05, 4.69) is 44.7 Å². The molecule has 0 saturated carbocycles. The van der Waals surface area contributed by atoms with Crippen molar-refractivity contribution in [3.8, 4) is 0 Å². The highest BCUT2D eigenvalue weighted by atomic mass is 15.3. The molecule has 1 saturated heterocycles. The Hall–Kier alpha value is -0.0800. The number of rotatable bonds is 1. The van der Waals surface area contributed by atoms with Crippen LogP contribution in [0.2, 0.25) is 0 Å². The van der Waals surface area contributed by atoms with Gasteiger partial charge in [-0.2, -0.15) is 0 Å². The third-order valence-corrected chi connectivity index (χ3v) is 2.84. The van der Waals surface area contributed by atoms with E-state index < -0.39 is 0 Å². The fourth-order valence-electron chi connectivity index (χ4n) is 1.77. The molecule has 1 heterocycles. The number of hydrogen-bond acceptors (Lipinski definition) is 2. The molecule has 0 aromatic heterocycles. The molecule has 1 fully saturated rings. The van der Waals surface area contributed by atoms with Gasteiger partial charge < -0.3 is 4.90 Å². The van der Waals surface area contributed by atoms with Crippen molar-refractivity contribution in [3.05, 3.63) is 0 Å². The van der Waals surface area contributed by atoms with Crippen molar-refractivity contribution in [2.24, 2.45) is 0 Å². The quantitative estimate of drug-likeness (QED) is 0.587. The second-order valence-electron chi connectivity index (χ2n) is 5.02. The van der Waals surface area contributed by atoms with Gasteiger partial charge in [0.25, 0.3) is 0 Å². The van der Waals surface area contributed by atoms with E-state index in [1.54, 1.807) is 0 Å². The molecule has 0 spiro atoms. The topological polar surface area (TPSA) is 6.48 Å². The van der Waals surface area contributed by atoms with Crippen molar-refractivity contribution in [2.75, 3.05) is 27.2 Å². The molecule has 0 aromatic rings. The predicted molar refractivity (Wildman–Crippen MR) is 53.4 cm³/mol. The molecule has 2 nitrogen and oxygen atoms in total. The van der Waals surface area contributed by atoms with Gasteiger partial charge in [-0.3, -0.25) is 4.90 Å². The van der Waals surface area contributed by atoms with Crippen LogP contribution in [0.15, 0.2) is 0 Å². The SMILES string of the molecule is CN(C)[C@H]1CCN(C(C)(C)C)C1. The lowest BCUT2D eigenvalue weighted by Crippen LogP contribution is -2.41. The van der Waals surface area contributed by atoms with Gasteiger partial charge in [0.2, 0.25) is 0 Å². The molecule has 0 aromatic carbocycles. The molecule has 0 N–H and O–H groups in total. The second-order valence-corrected chi connectivity index (χ2v) is 5.02. The molecule has 72 valence electrons. The lowest BCUT2D eigenvalue weighted by atomic mass is 10.1. The zero-order valence-electron chi connectivity index (χ0n) is 9.09. The summed E-state index contributed by atoms with van der Waals surface area (Å²) in [6.07, 6.45) is 1.32. The van der Waals surface area contributed by atoms with E-state index in [9.17, 15) is 0 Å². The fraction of sp³-hybridized carbons (Fsp3) is 1.00. The molecule has 0 radical (unpaired) electrons. The first-order chi connectivity index (χ1) is 5.41. The maximum atomic E-state index is 2.57. The first-order valence-electron chi connectivity index (χ1n) is 4.83. The lowest BCUT2D eigenvalue weighted by Gasteiger charge is -2.32. The van der Waals surface area contributed by atoms with Crippen LogP contribution in [0.25, 0.3) is 0 Å². The molecule has 2 heteroatoms. The summed E-state index contributed by atoms with van der Waals surface area (Å²) in [6, 6.07) is 0.768. The summed E-state index contributed by atoms with van der Waals surface area (Å²) in [4.78, 5) is 4.91. The normalized spacial score (nSPS) is 27.0. The van der Waals surface area contributed by atoms with E-state index in [0.717, 1.165) is 6.04 Å². The van der Waals surface area contributed by atoms with Crippen LogP contribution in [0.1, 0.15) is 27.2 Å². The van der Waals surface area contributed by atoms with Crippen LogP contribution in [0, 0.1) is 0 Å². The molecule has 0 amide bonds. The largest absolute Gasteiger partial charge is 0.305 e. The van der Waals surface area contributed by atoms with Gasteiger partial charge in [-0.15, -0.1) is 0 Å². The van der Waals surface area contributed by atoms with Gasteiger partial charge >= 0.3 is 0 Å². The van der Waals surface area contributed by atoms with Crippen LogP contribution in [0.3, 0.4) is 0 Å². The van der Waals surface area contributed by atoms with Crippen LogP contribution in [-0.2, 0) is 0 Å². The highest BCUT2D eigenvalue weighted by Crippen LogP contribution is 2.22. The van der Waals surface area contributed by atoms with Crippen molar-refractivity contribution in [1.29, 1.82) is 0 Å². The van der Waals surface area contributed by atoms with Gasteiger partial charge in [0.1, 0.15) is 0 Å². The van der Waals surface area contributed by atoms with Gasteiger partial charge in [-0.05, 0) is 41.3 Å². The van der Waals surface area contributed by atoms with Crippen LogP contribution in [0.5, 0.6) is 0 Å². The highest BCUT2D eigenvalue weighted by molar-refractivity contribution is 4.87. The van der Waals surface area contributed by atoms with Gasteiger partial charge in [0.05, 0.1) is 0 Å². The Kier molecular flexibility index (Phi) is 2.79. The minimum atomic E-state index is 0.352. The summed E-state index contributed by atoms with van der Waals surface area (Å²) >= 11 is 0. The maximum Gasteiger partial charge on any atom is 0.0229 e. The Morgan fingerprint density at radius 3 is 2.08 bits per heavy atom. The van der Waals surface area contributed by atoms with Crippen molar-refractivity contribution < 1.29 is 0 Å². The minimum Gasteiger partial charge on any atom is -0.305 e. The number of likely N-dealkylation sites (tertiary alicyclic amines) is 1. The maximum absolute atomic E-state index is 2.57. The van der Waals surface area contributed by atoms with E-state index in [1.165, 1.54) is 19.5 Å². The summed E-state index contributed by atoms with van der Waals surface area (Å²) in [6.45, 7) is 9.38. The number of nitrogens with zero attached hydrogens (tertiary/aromatic N) is 2. The van der Waals surface area contributed by atoms with E-state index in [4.69, 9.17) is 0 Å². The third-order valence-electron chi connectivity index (χ3n) is 2.84. The monoisotopic (exact) mass is 170 g/mol. The average Bonchev–Trinajstić information content (AvgIpc) is 2.30. The van der Waals surface area contributed by atoms with Crippen LogP contribution < -0.4 is 0 Å². The van der Waals surface area contributed by atoms with Gasteiger partial charge in [0, 0.05) is 24.7 Å². The second kappa shape index (κ2) is 3.35. The molecule has 1 aliphatic rings. The molecular formula is C10H22N2. The fourth-order valence-corrected chi connectivity index (χ4v) is 1.77. The highest BCUT2D eigenvalue weighted by Gasteiger charge is 2.30. The van der Waals surface area contributed by atoms with E-state index in [-0.39, 0.29) is 0 Å². The Labute approximate surface area is 76.5 Å². The van der Waals surface area contributed by atoms with Gasteiger partial charge in [0.15, 0.2) is 0 Å². The van der Waals surface area contributed by atoms with Crippen molar-refractivity contribution in [2.45, 2.75) is 38.8 Å². The Balaban J connectivity index is 2.46. The molecule has 1 aliphatic heterocycles. The smallest absolute Gasteiger partial charge is 0.0229 e. The lowest BCUT2D eigenvalue weighted by molar-refractivity contribution is 0.159. The van der Waals surface area contributed by atoms with Crippen molar-refractivity contribution in [3.63, 3.8) is 0 Å². The summed E-state index contributed by atoms with van der Waals surface area (Å²) < 4.78 is 0. The minimum absolute atomic E-state index is 0.352. The standard InChI is InChI=1S/C10H22N2/c1-10(2,3)12-7-6-9(8-12)11(4)5/h9H,6-8H2,1-5H3/t9-/m0/s1. The summed E-state index contributed by atoms with van der Waals surface area (Å²) in [5.41, 5.74) is 0.352. The van der Waals surface area contributed by atoms with Crippen molar-refractivity contribution in [1.82, 2.24) is 9.80 Å². The third kappa shape index (κ3) is 2.20. The molecule has 1 rings (SSSR count). The molecule has 1 atom stereocenters. The molecule has 0 aliphatic carbocycles. The summed E-state index contributed by atoms with van der Waals surface area (Å²) in [5.74, 6) is 0. The average molecular weight is 170 g/mol. The van der Waals surface area contributed by atoms with E-state index >= 15 is 0 Å². The first kappa shape index (κ1) is 10.0. The Morgan fingerprint density at radius 1 is 1.25 bits per heavy atom. The zero-order chi connectivity index (χ0) is 9.35. The van der Waals surface area contributed by atoms with Crippen LogP contribution in [0.4, 0.5) is 0 Å². The summed E-state index contributed by atoms with van der Waals surface area (Å²) in [7, 11) is 4.35. The molecule has 0 unspecified atom stereocenters. The number of hydrogen-bond donors (Lipinski definition) is 0. The first-order valence-corrected chi connectivity index (χ1v) is 4.83. The van der Waals surface area contributed by atoms with Crippen LogP contribution in [-0.4, -0.2) is 48.6 Å². The van der Waals surface area contributed by atoms with Gasteiger partial charge in [-0.25, -0.2) is 0 Å². The summed E-state index contributed by atoms with van der Waals surface area (Å²) in [5, 5.41) is 0.